The number of aliphatic hydroxyl groups excluding tert-OH is 1. The van der Waals surface area contributed by atoms with E-state index in [0.717, 1.165) is 83.5 Å². The Bertz CT molecular complexity index is 926. The number of unbranched alkanes of at least 4 members (excludes halogenated alkanes) is 16. The van der Waals surface area contributed by atoms with E-state index in [4.69, 9.17) is 9.47 Å². The molecule has 0 aliphatic rings. The molecule has 50 heavy (non-hydrogen) atoms. The predicted octanol–water partition coefficient (Wildman–Crippen LogP) is 13.0. The number of rotatable bonds is 36. The standard InChI is InChI=1S/C45H76O5/c1-3-5-7-9-11-13-15-17-19-21-22-24-26-28-30-32-34-36-38-40-45(48)50-43(41-46)42-49-44(47)39-37-35-33-31-29-27-25-23-20-18-16-14-12-10-8-6-4-2/h6,8,11-14,17-20,25,27,43,46H,3-5,7,9-10,15-16,21-24,26,28-42H2,1-2H3/t43-/m0/s1. The molecule has 0 fully saturated rings. The normalized spacial score (nSPS) is 12.9. The van der Waals surface area contributed by atoms with Crippen LogP contribution in [0.25, 0.3) is 0 Å². The van der Waals surface area contributed by atoms with Crippen LogP contribution in [0.2, 0.25) is 0 Å². The molecule has 1 atom stereocenters. The van der Waals surface area contributed by atoms with Crippen LogP contribution in [0.1, 0.15) is 181 Å². The van der Waals surface area contributed by atoms with E-state index in [1.165, 1.54) is 70.6 Å². The van der Waals surface area contributed by atoms with Gasteiger partial charge in [-0.2, -0.15) is 0 Å². The summed E-state index contributed by atoms with van der Waals surface area (Å²) < 4.78 is 10.6. The van der Waals surface area contributed by atoms with Gasteiger partial charge in [-0.15, -0.1) is 0 Å². The van der Waals surface area contributed by atoms with E-state index in [1.807, 2.05) is 0 Å². The van der Waals surface area contributed by atoms with E-state index in [0.29, 0.717) is 12.8 Å². The first-order valence-electron chi connectivity index (χ1n) is 20.5. The van der Waals surface area contributed by atoms with Crippen molar-refractivity contribution in [3.63, 3.8) is 0 Å². The summed E-state index contributed by atoms with van der Waals surface area (Å²) in [5.74, 6) is -0.628. The summed E-state index contributed by atoms with van der Waals surface area (Å²) in [5, 5.41) is 9.57. The SMILES string of the molecule is CCC=CCC=CCC=CCC=CCCCCCCC(=O)OC[C@H](CO)OC(=O)CCCCCCCCCCCC=CCC=CCCCCC. The molecular formula is C45H76O5. The molecule has 5 heteroatoms. The van der Waals surface area contributed by atoms with Gasteiger partial charge in [0.1, 0.15) is 6.61 Å². The van der Waals surface area contributed by atoms with Crippen molar-refractivity contribution < 1.29 is 24.2 Å². The van der Waals surface area contributed by atoms with Gasteiger partial charge in [-0.25, -0.2) is 0 Å². The highest BCUT2D eigenvalue weighted by atomic mass is 16.6. The van der Waals surface area contributed by atoms with E-state index in [2.05, 4.69) is 86.8 Å². The molecule has 0 amide bonds. The molecule has 0 aliphatic carbocycles. The second-order valence-corrected chi connectivity index (χ2v) is 13.3. The molecule has 0 aromatic rings. The lowest BCUT2D eigenvalue weighted by atomic mass is 10.1. The van der Waals surface area contributed by atoms with Crippen molar-refractivity contribution in [3.8, 4) is 0 Å². The van der Waals surface area contributed by atoms with Crippen molar-refractivity contribution in [2.45, 2.75) is 187 Å². The molecule has 0 radical (unpaired) electrons. The number of hydrogen-bond acceptors (Lipinski definition) is 5. The number of allylic oxidation sites excluding steroid dienone is 12. The maximum Gasteiger partial charge on any atom is 0.306 e. The first-order chi connectivity index (χ1) is 24.6. The van der Waals surface area contributed by atoms with Crippen molar-refractivity contribution in [3.05, 3.63) is 72.9 Å². The molecule has 5 nitrogen and oxygen atoms in total. The summed E-state index contributed by atoms with van der Waals surface area (Å²) in [6.45, 7) is 3.97. The molecule has 0 unspecified atom stereocenters. The molecule has 0 spiro atoms. The topological polar surface area (TPSA) is 72.8 Å². The highest BCUT2D eigenvalue weighted by Crippen LogP contribution is 2.13. The van der Waals surface area contributed by atoms with Gasteiger partial charge in [-0.3, -0.25) is 9.59 Å². The average Bonchev–Trinajstić information content (AvgIpc) is 3.12. The highest BCUT2D eigenvalue weighted by molar-refractivity contribution is 5.70. The van der Waals surface area contributed by atoms with Crippen molar-refractivity contribution in [1.82, 2.24) is 0 Å². The Morgan fingerprint density at radius 1 is 0.480 bits per heavy atom. The lowest BCUT2D eigenvalue weighted by molar-refractivity contribution is -0.161. The van der Waals surface area contributed by atoms with E-state index in [1.54, 1.807) is 0 Å². The fourth-order valence-corrected chi connectivity index (χ4v) is 5.40. The van der Waals surface area contributed by atoms with E-state index in [9.17, 15) is 14.7 Å². The second-order valence-electron chi connectivity index (χ2n) is 13.3. The van der Waals surface area contributed by atoms with Gasteiger partial charge in [0.2, 0.25) is 0 Å². The van der Waals surface area contributed by atoms with Crippen LogP contribution in [-0.2, 0) is 19.1 Å². The maximum absolute atomic E-state index is 12.2. The molecule has 0 saturated carbocycles. The third-order valence-corrected chi connectivity index (χ3v) is 8.48. The minimum atomic E-state index is -0.787. The van der Waals surface area contributed by atoms with Crippen LogP contribution in [0.5, 0.6) is 0 Å². The summed E-state index contributed by atoms with van der Waals surface area (Å²) >= 11 is 0. The van der Waals surface area contributed by atoms with Gasteiger partial charge in [0, 0.05) is 12.8 Å². The fourth-order valence-electron chi connectivity index (χ4n) is 5.40. The van der Waals surface area contributed by atoms with Crippen molar-refractivity contribution in [1.29, 1.82) is 0 Å². The number of ether oxygens (including phenoxy) is 2. The van der Waals surface area contributed by atoms with Crippen LogP contribution < -0.4 is 0 Å². The Labute approximate surface area is 308 Å². The molecule has 0 aliphatic heterocycles. The van der Waals surface area contributed by atoms with Crippen LogP contribution in [0, 0.1) is 0 Å². The van der Waals surface area contributed by atoms with Crippen molar-refractivity contribution in [2.24, 2.45) is 0 Å². The molecule has 0 aromatic carbocycles. The van der Waals surface area contributed by atoms with Crippen LogP contribution in [0.4, 0.5) is 0 Å². The van der Waals surface area contributed by atoms with Gasteiger partial charge >= 0.3 is 11.9 Å². The Morgan fingerprint density at radius 3 is 1.30 bits per heavy atom. The van der Waals surface area contributed by atoms with Gasteiger partial charge in [-0.05, 0) is 83.5 Å². The zero-order chi connectivity index (χ0) is 36.4. The molecule has 0 rings (SSSR count). The smallest absolute Gasteiger partial charge is 0.306 e. The third-order valence-electron chi connectivity index (χ3n) is 8.48. The van der Waals surface area contributed by atoms with Gasteiger partial charge in [0.05, 0.1) is 6.61 Å². The Morgan fingerprint density at radius 2 is 0.860 bits per heavy atom. The fraction of sp³-hybridized carbons (Fsp3) is 0.689. The number of hydrogen-bond donors (Lipinski definition) is 1. The van der Waals surface area contributed by atoms with Gasteiger partial charge in [0.15, 0.2) is 6.10 Å². The highest BCUT2D eigenvalue weighted by Gasteiger charge is 2.16. The van der Waals surface area contributed by atoms with Crippen molar-refractivity contribution >= 4 is 11.9 Å². The van der Waals surface area contributed by atoms with Crippen LogP contribution in [-0.4, -0.2) is 36.4 Å². The number of esters is 2. The van der Waals surface area contributed by atoms with Gasteiger partial charge in [-0.1, -0.05) is 157 Å². The summed E-state index contributed by atoms with van der Waals surface area (Å²) in [5.41, 5.74) is 0. The first kappa shape index (κ1) is 47.3. The summed E-state index contributed by atoms with van der Waals surface area (Å²) in [7, 11) is 0. The second kappa shape index (κ2) is 40.8. The lowest BCUT2D eigenvalue weighted by Crippen LogP contribution is -2.28. The molecule has 0 bridgehead atoms. The van der Waals surface area contributed by atoms with Crippen LogP contribution >= 0.6 is 0 Å². The van der Waals surface area contributed by atoms with Crippen molar-refractivity contribution in [2.75, 3.05) is 13.2 Å². The van der Waals surface area contributed by atoms with Gasteiger partial charge in [0.25, 0.3) is 0 Å². The van der Waals surface area contributed by atoms with Crippen LogP contribution in [0.3, 0.4) is 0 Å². The van der Waals surface area contributed by atoms with E-state index >= 15 is 0 Å². The molecule has 0 saturated heterocycles. The monoisotopic (exact) mass is 697 g/mol. The number of aliphatic hydroxyl groups is 1. The zero-order valence-corrected chi connectivity index (χ0v) is 32.4. The molecular weight excluding hydrogens is 620 g/mol. The minimum Gasteiger partial charge on any atom is -0.462 e. The summed E-state index contributed by atoms with van der Waals surface area (Å²) in [6.07, 6.45) is 53.9. The van der Waals surface area contributed by atoms with E-state index in [-0.39, 0.29) is 25.2 Å². The van der Waals surface area contributed by atoms with E-state index < -0.39 is 6.10 Å². The molecule has 0 heterocycles. The Hall–Kier alpha value is -2.66. The lowest BCUT2D eigenvalue weighted by Gasteiger charge is -2.15. The zero-order valence-electron chi connectivity index (χ0n) is 32.4. The average molecular weight is 697 g/mol. The largest absolute Gasteiger partial charge is 0.462 e. The number of carbonyl (C=O) groups excluding carboxylic acids is 2. The predicted molar refractivity (Wildman–Crippen MR) is 214 cm³/mol. The summed E-state index contributed by atoms with van der Waals surface area (Å²) in [6, 6.07) is 0. The minimum absolute atomic E-state index is 0.0836. The Balaban J connectivity index is 3.61. The molecule has 286 valence electrons. The quantitative estimate of drug-likeness (QED) is 0.0401. The summed E-state index contributed by atoms with van der Waals surface area (Å²) in [4.78, 5) is 24.3. The maximum atomic E-state index is 12.2. The molecule has 0 aromatic heterocycles. The first-order valence-corrected chi connectivity index (χ1v) is 20.5. The Kier molecular flexibility index (Phi) is 38.6. The van der Waals surface area contributed by atoms with Crippen LogP contribution in [0.15, 0.2) is 72.9 Å². The van der Waals surface area contributed by atoms with Gasteiger partial charge < -0.3 is 14.6 Å². The third kappa shape index (κ3) is 38.1. The molecule has 1 N–H and O–H groups in total. The number of carbonyl (C=O) groups is 2.